The summed E-state index contributed by atoms with van der Waals surface area (Å²) in [5.41, 5.74) is 9.39. The van der Waals surface area contributed by atoms with E-state index in [9.17, 15) is 9.59 Å². The number of ketones is 1. The zero-order valence-electron chi connectivity index (χ0n) is 17.2. The van der Waals surface area contributed by atoms with Crippen LogP contribution < -0.4 is 16.0 Å². The van der Waals surface area contributed by atoms with Crippen molar-refractivity contribution in [2.24, 2.45) is 0 Å². The number of fused-ring (bicyclic) bond motifs is 1. The number of likely N-dealkylation sites (tertiary alicyclic amines) is 1. The molecule has 2 aliphatic heterocycles. The van der Waals surface area contributed by atoms with Gasteiger partial charge in [-0.05, 0) is 81.4 Å². The number of carbonyl (C=O) groups is 2. The second-order valence-electron chi connectivity index (χ2n) is 8.11. The highest BCUT2D eigenvalue weighted by molar-refractivity contribution is 9.11. The summed E-state index contributed by atoms with van der Waals surface area (Å²) in [6.45, 7) is 3.35. The molecule has 0 aromatic heterocycles. The number of nitrogen functional groups attached to an aromatic ring is 1. The van der Waals surface area contributed by atoms with Crippen molar-refractivity contribution in [3.05, 3.63) is 56.5 Å². The number of urea groups is 1. The molecule has 0 spiro atoms. The van der Waals surface area contributed by atoms with E-state index in [4.69, 9.17) is 5.73 Å². The number of anilines is 2. The lowest BCUT2D eigenvalue weighted by Gasteiger charge is -2.41. The average molecular weight is 550 g/mol. The van der Waals surface area contributed by atoms with Gasteiger partial charge in [-0.3, -0.25) is 9.69 Å². The van der Waals surface area contributed by atoms with Gasteiger partial charge in [0.25, 0.3) is 0 Å². The van der Waals surface area contributed by atoms with Crippen LogP contribution in [0.25, 0.3) is 0 Å². The molecule has 0 aliphatic carbocycles. The van der Waals surface area contributed by atoms with Crippen LogP contribution in [0, 0.1) is 0 Å². The van der Waals surface area contributed by atoms with Gasteiger partial charge in [-0.1, -0.05) is 18.2 Å². The highest BCUT2D eigenvalue weighted by Crippen LogP contribution is 2.31. The highest BCUT2D eigenvalue weighted by Gasteiger charge is 2.32. The molecule has 1 fully saturated rings. The molecule has 0 saturated carbocycles. The van der Waals surface area contributed by atoms with Gasteiger partial charge < -0.3 is 16.0 Å². The Morgan fingerprint density at radius 1 is 1.13 bits per heavy atom. The van der Waals surface area contributed by atoms with E-state index in [2.05, 4.69) is 48.1 Å². The number of carbonyl (C=O) groups excluding carboxylic acids is 2. The topological polar surface area (TPSA) is 78.7 Å². The number of halogens is 2. The van der Waals surface area contributed by atoms with Gasteiger partial charge >= 0.3 is 6.03 Å². The van der Waals surface area contributed by atoms with Gasteiger partial charge in [0.05, 0.1) is 11.4 Å². The Morgan fingerprint density at radius 3 is 2.52 bits per heavy atom. The number of benzene rings is 2. The van der Waals surface area contributed by atoms with Crippen LogP contribution in [0.15, 0.2) is 45.3 Å². The molecule has 2 aromatic rings. The molecule has 2 amide bonds. The van der Waals surface area contributed by atoms with E-state index in [-0.39, 0.29) is 17.9 Å². The number of piperidine rings is 1. The lowest BCUT2D eigenvalue weighted by atomic mass is 9.99. The van der Waals surface area contributed by atoms with Gasteiger partial charge in [0.2, 0.25) is 0 Å². The third-order valence-electron chi connectivity index (χ3n) is 6.10. The Kier molecular flexibility index (Phi) is 6.99. The van der Waals surface area contributed by atoms with E-state index in [0.29, 0.717) is 24.2 Å². The van der Waals surface area contributed by atoms with Crippen molar-refractivity contribution in [1.29, 1.82) is 0 Å². The Hall–Kier alpha value is -1.90. The largest absolute Gasteiger partial charge is 0.397 e. The molecule has 2 aromatic carbocycles. The van der Waals surface area contributed by atoms with Crippen LogP contribution in [0.4, 0.5) is 16.2 Å². The Bertz CT molecular complexity index is 966. The maximum atomic E-state index is 12.6. The Balaban J connectivity index is 1.27. The van der Waals surface area contributed by atoms with E-state index in [1.165, 1.54) is 5.56 Å². The molecule has 31 heavy (non-hydrogen) atoms. The first kappa shape index (κ1) is 22.3. The van der Waals surface area contributed by atoms with Crippen LogP contribution in [0.1, 0.15) is 41.6 Å². The summed E-state index contributed by atoms with van der Waals surface area (Å²) < 4.78 is 1.46. The molecule has 164 valence electrons. The number of hydrogen-bond acceptors (Lipinski definition) is 4. The molecule has 2 heterocycles. The van der Waals surface area contributed by atoms with Crippen LogP contribution >= 0.6 is 31.9 Å². The van der Waals surface area contributed by atoms with Gasteiger partial charge in [0.15, 0.2) is 5.78 Å². The zero-order chi connectivity index (χ0) is 22.0. The van der Waals surface area contributed by atoms with E-state index >= 15 is 0 Å². The third-order valence-corrected chi connectivity index (χ3v) is 7.41. The van der Waals surface area contributed by atoms with Crippen LogP contribution in [-0.4, -0.2) is 42.4 Å². The summed E-state index contributed by atoms with van der Waals surface area (Å²) in [6, 6.07) is 11.9. The first-order valence-electron chi connectivity index (χ1n) is 10.6. The van der Waals surface area contributed by atoms with Crippen molar-refractivity contribution in [3.63, 3.8) is 0 Å². The summed E-state index contributed by atoms with van der Waals surface area (Å²) >= 11 is 6.80. The molecule has 0 atom stereocenters. The highest BCUT2D eigenvalue weighted by atomic mass is 79.9. The quantitative estimate of drug-likeness (QED) is 0.394. The SMILES string of the molecule is Nc1c(Br)cc(C(=O)CCCN2CCC(N3C(=O)NCc4ccccc43)CC2)cc1Br. The summed E-state index contributed by atoms with van der Waals surface area (Å²) in [4.78, 5) is 29.4. The van der Waals surface area contributed by atoms with Gasteiger partial charge in [-0.25, -0.2) is 4.79 Å². The van der Waals surface area contributed by atoms with Crippen molar-refractivity contribution < 1.29 is 9.59 Å². The maximum Gasteiger partial charge on any atom is 0.322 e. The van der Waals surface area contributed by atoms with E-state index in [1.807, 2.05) is 23.1 Å². The minimum Gasteiger partial charge on any atom is -0.397 e. The molecule has 2 aliphatic rings. The van der Waals surface area contributed by atoms with Gasteiger partial charge in [-0.2, -0.15) is 0 Å². The van der Waals surface area contributed by atoms with Crippen LogP contribution in [0.5, 0.6) is 0 Å². The molecule has 1 saturated heterocycles. The molecule has 0 bridgehead atoms. The summed E-state index contributed by atoms with van der Waals surface area (Å²) in [7, 11) is 0. The van der Waals surface area contributed by atoms with Gasteiger partial charge in [-0.15, -0.1) is 0 Å². The van der Waals surface area contributed by atoms with E-state index in [0.717, 1.165) is 53.5 Å². The fourth-order valence-electron chi connectivity index (χ4n) is 4.38. The van der Waals surface area contributed by atoms with Crippen molar-refractivity contribution in [2.75, 3.05) is 30.3 Å². The minimum absolute atomic E-state index is 0.00330. The number of rotatable bonds is 6. The predicted molar refractivity (Wildman–Crippen MR) is 130 cm³/mol. The smallest absolute Gasteiger partial charge is 0.322 e. The van der Waals surface area contributed by atoms with Crippen molar-refractivity contribution in [1.82, 2.24) is 10.2 Å². The number of hydrogen-bond donors (Lipinski definition) is 2. The molecular weight excluding hydrogens is 524 g/mol. The molecule has 8 heteroatoms. The number of para-hydroxylation sites is 1. The number of nitrogens with one attached hydrogen (secondary N) is 1. The first-order valence-corrected chi connectivity index (χ1v) is 12.2. The minimum atomic E-state index is 0.00330. The predicted octanol–water partition coefficient (Wildman–Crippen LogP) is 4.95. The van der Waals surface area contributed by atoms with Crippen LogP contribution in [0.3, 0.4) is 0 Å². The van der Waals surface area contributed by atoms with Crippen LogP contribution in [0.2, 0.25) is 0 Å². The summed E-state index contributed by atoms with van der Waals surface area (Å²) in [5.74, 6) is 0.123. The molecule has 0 unspecified atom stereocenters. The second kappa shape index (κ2) is 9.71. The zero-order valence-corrected chi connectivity index (χ0v) is 20.4. The maximum absolute atomic E-state index is 12.6. The third kappa shape index (κ3) is 4.96. The van der Waals surface area contributed by atoms with Crippen molar-refractivity contribution >= 4 is 55.0 Å². The normalized spacial score (nSPS) is 17.4. The fourth-order valence-corrected chi connectivity index (χ4v) is 5.56. The second-order valence-corrected chi connectivity index (χ2v) is 9.82. The van der Waals surface area contributed by atoms with E-state index in [1.54, 1.807) is 12.1 Å². The van der Waals surface area contributed by atoms with Crippen molar-refractivity contribution in [3.8, 4) is 0 Å². The molecule has 6 nitrogen and oxygen atoms in total. The van der Waals surface area contributed by atoms with Gasteiger partial charge in [0, 0.05) is 46.6 Å². The van der Waals surface area contributed by atoms with Crippen LogP contribution in [-0.2, 0) is 6.54 Å². The summed E-state index contributed by atoms with van der Waals surface area (Å²) in [5, 5.41) is 2.99. The number of nitrogens with zero attached hydrogens (tertiary/aromatic N) is 2. The molecule has 3 N–H and O–H groups in total. The lowest BCUT2D eigenvalue weighted by Crippen LogP contribution is -2.53. The standard InChI is InChI=1S/C23H26Br2N4O2/c24-18-12-16(13-19(25)22(18)26)21(30)6-3-9-28-10-7-17(8-11-28)29-20-5-2-1-4-15(20)14-27-23(29)31/h1-2,4-5,12-13,17H,3,6-11,14,26H2,(H,27,31). The lowest BCUT2D eigenvalue weighted by molar-refractivity contribution is 0.0972. The molecular formula is C23H26Br2N4O2. The first-order chi connectivity index (χ1) is 14.9. The van der Waals surface area contributed by atoms with Gasteiger partial charge in [0.1, 0.15) is 0 Å². The number of nitrogens with two attached hydrogens (primary N) is 1. The number of Topliss-reactive ketones (excluding diaryl/α,β-unsaturated/α-hetero) is 1. The Morgan fingerprint density at radius 2 is 1.81 bits per heavy atom. The monoisotopic (exact) mass is 548 g/mol. The fraction of sp³-hybridized carbons (Fsp3) is 0.391. The summed E-state index contributed by atoms with van der Waals surface area (Å²) in [6.07, 6.45) is 3.20. The Labute approximate surface area is 199 Å². The van der Waals surface area contributed by atoms with Crippen molar-refractivity contribution in [2.45, 2.75) is 38.3 Å². The molecule has 4 rings (SSSR count). The average Bonchev–Trinajstić information content (AvgIpc) is 2.77. The number of amides is 2. The van der Waals surface area contributed by atoms with E-state index < -0.39 is 0 Å². The molecule has 0 radical (unpaired) electrons.